The average molecular weight is 208 g/mol. The van der Waals surface area contributed by atoms with Gasteiger partial charge in [-0.3, -0.25) is 4.79 Å². The first-order valence-electron chi connectivity index (χ1n) is 4.82. The Morgan fingerprint density at radius 2 is 2.20 bits per heavy atom. The van der Waals surface area contributed by atoms with E-state index in [0.29, 0.717) is 31.5 Å². The Bertz CT molecular complexity index is 360. The van der Waals surface area contributed by atoms with Gasteiger partial charge in [0.15, 0.2) is 0 Å². The summed E-state index contributed by atoms with van der Waals surface area (Å²) in [6.45, 7) is 1.20. The zero-order chi connectivity index (χ0) is 10.7. The molecule has 0 aromatic carbocycles. The zero-order valence-electron chi connectivity index (χ0n) is 8.22. The number of rotatable bonds is 1. The van der Waals surface area contributed by atoms with Gasteiger partial charge >= 0.3 is 0 Å². The Morgan fingerprint density at radius 1 is 1.47 bits per heavy atom. The van der Waals surface area contributed by atoms with Crippen molar-refractivity contribution in [1.82, 2.24) is 4.90 Å². The lowest BCUT2D eigenvalue weighted by Gasteiger charge is -2.26. The summed E-state index contributed by atoms with van der Waals surface area (Å²) >= 11 is 0. The first-order valence-corrected chi connectivity index (χ1v) is 4.82. The first-order chi connectivity index (χ1) is 7.31. The summed E-state index contributed by atoms with van der Waals surface area (Å²) in [4.78, 5) is 13.6. The second-order valence-electron chi connectivity index (χ2n) is 3.47. The smallest absolute Gasteiger partial charge is 0.257 e. The second kappa shape index (κ2) is 4.16. The van der Waals surface area contributed by atoms with E-state index in [0.717, 1.165) is 5.71 Å². The molecule has 1 aromatic heterocycles. The minimum Gasteiger partial charge on any atom is -0.472 e. The minimum absolute atomic E-state index is 0.0271. The Labute approximate surface area is 87.0 Å². The Balaban J connectivity index is 1.99. The van der Waals surface area contributed by atoms with Crippen LogP contribution in [0.25, 0.3) is 0 Å². The summed E-state index contributed by atoms with van der Waals surface area (Å²) in [6, 6.07) is 1.65. The predicted molar refractivity (Wildman–Crippen MR) is 53.1 cm³/mol. The molecule has 0 radical (unpaired) electrons. The molecule has 1 saturated heterocycles. The van der Waals surface area contributed by atoms with Crippen LogP contribution in [0.1, 0.15) is 23.2 Å². The molecule has 1 amide bonds. The lowest BCUT2D eigenvalue weighted by molar-refractivity contribution is 0.0753. The lowest BCUT2D eigenvalue weighted by Crippen LogP contribution is -2.38. The van der Waals surface area contributed by atoms with Crippen LogP contribution in [0.5, 0.6) is 0 Å². The molecule has 80 valence electrons. The quantitative estimate of drug-likeness (QED) is 0.559. The standard InChI is InChI=1S/C10H12N2O3/c13-10(8-3-6-15-7-8)12-4-1-9(11-14)2-5-12/h3,6-7,14H,1-2,4-5H2. The molecule has 2 heterocycles. The normalized spacial score (nSPS) is 16.5. The van der Waals surface area contributed by atoms with Gasteiger partial charge in [-0.2, -0.15) is 0 Å². The van der Waals surface area contributed by atoms with Crippen LogP contribution in [-0.2, 0) is 0 Å². The molecule has 5 nitrogen and oxygen atoms in total. The molecule has 1 aromatic rings. The number of piperidine rings is 1. The number of likely N-dealkylation sites (tertiary alicyclic amines) is 1. The number of oxime groups is 1. The molecular formula is C10H12N2O3. The van der Waals surface area contributed by atoms with Crippen molar-refractivity contribution >= 4 is 11.6 Å². The summed E-state index contributed by atoms with van der Waals surface area (Å²) in [5.41, 5.74) is 1.32. The van der Waals surface area contributed by atoms with Gasteiger partial charge in [0.25, 0.3) is 5.91 Å². The fourth-order valence-corrected chi connectivity index (χ4v) is 1.64. The van der Waals surface area contributed by atoms with E-state index in [-0.39, 0.29) is 5.91 Å². The number of furan rings is 1. The van der Waals surface area contributed by atoms with E-state index in [9.17, 15) is 4.79 Å². The van der Waals surface area contributed by atoms with Crippen LogP contribution in [0.2, 0.25) is 0 Å². The zero-order valence-corrected chi connectivity index (χ0v) is 8.22. The molecule has 0 unspecified atom stereocenters. The van der Waals surface area contributed by atoms with E-state index < -0.39 is 0 Å². The van der Waals surface area contributed by atoms with E-state index in [1.165, 1.54) is 12.5 Å². The van der Waals surface area contributed by atoms with Gasteiger partial charge in [-0.15, -0.1) is 0 Å². The van der Waals surface area contributed by atoms with Crippen molar-refractivity contribution in [2.24, 2.45) is 5.16 Å². The molecule has 1 N–H and O–H groups in total. The lowest BCUT2D eigenvalue weighted by atomic mass is 10.1. The topological polar surface area (TPSA) is 66.0 Å². The molecule has 15 heavy (non-hydrogen) atoms. The number of carbonyl (C=O) groups is 1. The number of carbonyl (C=O) groups excluding carboxylic acids is 1. The van der Waals surface area contributed by atoms with Crippen LogP contribution in [0.15, 0.2) is 28.2 Å². The number of hydrogen-bond acceptors (Lipinski definition) is 4. The summed E-state index contributed by atoms with van der Waals surface area (Å²) < 4.78 is 4.86. The van der Waals surface area contributed by atoms with Gasteiger partial charge in [0.2, 0.25) is 0 Å². The summed E-state index contributed by atoms with van der Waals surface area (Å²) in [5.74, 6) is -0.0271. The highest BCUT2D eigenvalue weighted by Gasteiger charge is 2.21. The van der Waals surface area contributed by atoms with E-state index >= 15 is 0 Å². The number of amides is 1. The van der Waals surface area contributed by atoms with E-state index in [1.54, 1.807) is 11.0 Å². The molecule has 1 fully saturated rings. The molecule has 1 aliphatic heterocycles. The summed E-state index contributed by atoms with van der Waals surface area (Å²) in [7, 11) is 0. The fourth-order valence-electron chi connectivity index (χ4n) is 1.64. The predicted octanol–water partition coefficient (Wildman–Crippen LogP) is 1.35. The highest BCUT2D eigenvalue weighted by molar-refractivity contribution is 5.95. The Morgan fingerprint density at radius 3 is 2.73 bits per heavy atom. The third kappa shape index (κ3) is 2.01. The SMILES string of the molecule is O=C(c1ccoc1)N1CCC(=NO)CC1. The second-order valence-corrected chi connectivity index (χ2v) is 3.47. The van der Waals surface area contributed by atoms with Crippen molar-refractivity contribution in [1.29, 1.82) is 0 Å². The van der Waals surface area contributed by atoms with Crippen molar-refractivity contribution in [3.8, 4) is 0 Å². The fraction of sp³-hybridized carbons (Fsp3) is 0.400. The third-order valence-electron chi connectivity index (χ3n) is 2.54. The van der Waals surface area contributed by atoms with E-state index in [2.05, 4.69) is 5.16 Å². The average Bonchev–Trinajstić information content (AvgIpc) is 2.82. The van der Waals surface area contributed by atoms with E-state index in [1.807, 2.05) is 0 Å². The molecular weight excluding hydrogens is 196 g/mol. The third-order valence-corrected chi connectivity index (χ3v) is 2.54. The molecule has 5 heteroatoms. The molecule has 0 aliphatic carbocycles. The van der Waals surface area contributed by atoms with Crippen LogP contribution in [-0.4, -0.2) is 34.8 Å². The van der Waals surface area contributed by atoms with Crippen LogP contribution in [0.4, 0.5) is 0 Å². The maximum atomic E-state index is 11.8. The van der Waals surface area contributed by atoms with Crippen molar-refractivity contribution in [2.45, 2.75) is 12.8 Å². The number of nitrogens with zero attached hydrogens (tertiary/aromatic N) is 2. The maximum Gasteiger partial charge on any atom is 0.257 e. The van der Waals surface area contributed by atoms with Gasteiger partial charge in [0.1, 0.15) is 6.26 Å². The summed E-state index contributed by atoms with van der Waals surface area (Å²) in [5, 5.41) is 11.7. The van der Waals surface area contributed by atoms with Gasteiger partial charge in [-0.1, -0.05) is 5.16 Å². The molecule has 0 saturated carbocycles. The van der Waals surface area contributed by atoms with Gasteiger partial charge < -0.3 is 14.5 Å². The van der Waals surface area contributed by atoms with Crippen LogP contribution < -0.4 is 0 Å². The first kappa shape index (κ1) is 9.76. The molecule has 2 rings (SSSR count). The van der Waals surface area contributed by atoms with Crippen molar-refractivity contribution < 1.29 is 14.4 Å². The van der Waals surface area contributed by atoms with Gasteiger partial charge in [0, 0.05) is 25.9 Å². The van der Waals surface area contributed by atoms with Crippen LogP contribution in [0, 0.1) is 0 Å². The monoisotopic (exact) mass is 208 g/mol. The molecule has 0 atom stereocenters. The van der Waals surface area contributed by atoms with Crippen molar-refractivity contribution in [3.63, 3.8) is 0 Å². The highest BCUT2D eigenvalue weighted by Crippen LogP contribution is 2.12. The molecule has 0 spiro atoms. The Hall–Kier alpha value is -1.78. The molecule has 1 aliphatic rings. The Kier molecular flexibility index (Phi) is 2.71. The van der Waals surface area contributed by atoms with Crippen LogP contribution in [0.3, 0.4) is 0 Å². The largest absolute Gasteiger partial charge is 0.472 e. The maximum absolute atomic E-state index is 11.8. The van der Waals surface area contributed by atoms with Gasteiger partial charge in [0.05, 0.1) is 17.5 Å². The molecule has 0 bridgehead atoms. The van der Waals surface area contributed by atoms with Gasteiger partial charge in [-0.05, 0) is 6.07 Å². The van der Waals surface area contributed by atoms with Crippen LogP contribution >= 0.6 is 0 Å². The van der Waals surface area contributed by atoms with Crippen molar-refractivity contribution in [3.05, 3.63) is 24.2 Å². The van der Waals surface area contributed by atoms with E-state index in [4.69, 9.17) is 9.62 Å². The van der Waals surface area contributed by atoms with Crippen molar-refractivity contribution in [2.75, 3.05) is 13.1 Å². The minimum atomic E-state index is -0.0271. The highest BCUT2D eigenvalue weighted by atomic mass is 16.4. The number of hydrogen-bond donors (Lipinski definition) is 1. The van der Waals surface area contributed by atoms with Gasteiger partial charge in [-0.25, -0.2) is 0 Å². The summed E-state index contributed by atoms with van der Waals surface area (Å²) in [6.07, 6.45) is 4.20.